The van der Waals surface area contributed by atoms with Crippen molar-refractivity contribution in [2.45, 2.75) is 25.9 Å². The summed E-state index contributed by atoms with van der Waals surface area (Å²) in [5.41, 5.74) is 0. The Hall–Kier alpha value is -0.550. The van der Waals surface area contributed by atoms with Gasteiger partial charge in [0, 0.05) is 31.1 Å². The first-order valence-corrected chi connectivity index (χ1v) is 8.08. The van der Waals surface area contributed by atoms with E-state index < -0.39 is 12.8 Å². The molecule has 0 atom stereocenters. The summed E-state index contributed by atoms with van der Waals surface area (Å²) in [4.78, 5) is 5.60. The molecule has 2 N–H and O–H groups in total. The standard InChI is InChI=1S/C14H22F3N3OS.HI/c1-2-18-13(20-8-6-12-5-3-10-22-12)19-7-4-9-21-11-14(15,16)17;/h3,5,10H,2,4,6-9,11H2,1H3,(H2,18,19,20);1H. The second kappa shape index (κ2) is 12.8. The maximum atomic E-state index is 11.9. The third kappa shape index (κ3) is 12.5. The molecule has 0 bridgehead atoms. The fourth-order valence-electron chi connectivity index (χ4n) is 1.65. The normalized spacial score (nSPS) is 11.9. The molecule has 0 aliphatic carbocycles. The minimum absolute atomic E-state index is 0. The summed E-state index contributed by atoms with van der Waals surface area (Å²) in [6.07, 6.45) is -2.89. The van der Waals surface area contributed by atoms with Crippen LogP contribution in [0.25, 0.3) is 0 Å². The predicted molar refractivity (Wildman–Crippen MR) is 98.9 cm³/mol. The molecule has 0 aromatic carbocycles. The van der Waals surface area contributed by atoms with Crippen molar-refractivity contribution in [3.05, 3.63) is 22.4 Å². The number of halogens is 4. The third-order valence-electron chi connectivity index (χ3n) is 2.57. The van der Waals surface area contributed by atoms with Crippen LogP contribution >= 0.6 is 35.3 Å². The van der Waals surface area contributed by atoms with Gasteiger partial charge < -0.3 is 15.4 Å². The van der Waals surface area contributed by atoms with E-state index >= 15 is 0 Å². The van der Waals surface area contributed by atoms with Gasteiger partial charge >= 0.3 is 6.18 Å². The number of nitrogens with zero attached hydrogens (tertiary/aromatic N) is 1. The van der Waals surface area contributed by atoms with Crippen molar-refractivity contribution in [2.24, 2.45) is 4.99 Å². The molecule has 0 amide bonds. The Morgan fingerprint density at radius 2 is 2.13 bits per heavy atom. The van der Waals surface area contributed by atoms with Crippen LogP contribution < -0.4 is 10.6 Å². The fraction of sp³-hybridized carbons (Fsp3) is 0.643. The van der Waals surface area contributed by atoms with E-state index in [2.05, 4.69) is 26.4 Å². The molecule has 0 aliphatic heterocycles. The van der Waals surface area contributed by atoms with E-state index in [4.69, 9.17) is 0 Å². The second-order valence-corrected chi connectivity index (χ2v) is 5.57. The molecule has 0 aliphatic rings. The first-order chi connectivity index (χ1) is 10.5. The summed E-state index contributed by atoms with van der Waals surface area (Å²) < 4.78 is 40.2. The second-order valence-electron chi connectivity index (χ2n) is 4.54. The molecule has 1 heterocycles. The van der Waals surface area contributed by atoms with Gasteiger partial charge in [-0.05, 0) is 31.2 Å². The van der Waals surface area contributed by atoms with E-state index in [1.165, 1.54) is 4.88 Å². The molecule has 1 rings (SSSR count). The van der Waals surface area contributed by atoms with E-state index in [1.807, 2.05) is 18.4 Å². The van der Waals surface area contributed by atoms with E-state index in [-0.39, 0.29) is 30.6 Å². The fourth-order valence-corrected chi connectivity index (χ4v) is 2.36. The lowest BCUT2D eigenvalue weighted by Gasteiger charge is -2.11. The van der Waals surface area contributed by atoms with Gasteiger partial charge in [0.1, 0.15) is 6.61 Å². The Labute approximate surface area is 155 Å². The van der Waals surface area contributed by atoms with Gasteiger partial charge in [0.05, 0.1) is 0 Å². The highest BCUT2D eigenvalue weighted by molar-refractivity contribution is 14.0. The lowest BCUT2D eigenvalue weighted by atomic mass is 10.3. The van der Waals surface area contributed by atoms with Gasteiger partial charge in [-0.25, -0.2) is 0 Å². The summed E-state index contributed by atoms with van der Waals surface area (Å²) in [6.45, 7) is 2.73. The zero-order chi connectivity index (χ0) is 16.3. The summed E-state index contributed by atoms with van der Waals surface area (Å²) in [5.74, 6) is 0.676. The van der Waals surface area contributed by atoms with Crippen LogP contribution in [-0.2, 0) is 11.2 Å². The van der Waals surface area contributed by atoms with E-state index in [1.54, 1.807) is 11.3 Å². The smallest absolute Gasteiger partial charge is 0.372 e. The number of hydrogen-bond donors (Lipinski definition) is 2. The number of hydrogen-bond acceptors (Lipinski definition) is 3. The highest BCUT2D eigenvalue weighted by Gasteiger charge is 2.27. The van der Waals surface area contributed by atoms with Crippen LogP contribution in [-0.4, -0.2) is 45.0 Å². The van der Waals surface area contributed by atoms with Crippen LogP contribution in [0.4, 0.5) is 13.2 Å². The molecule has 0 saturated heterocycles. The van der Waals surface area contributed by atoms with Gasteiger partial charge in [-0.3, -0.25) is 4.99 Å². The molecule has 1 aromatic heterocycles. The number of alkyl halides is 3. The Bertz CT molecular complexity index is 427. The SMILES string of the molecule is CCNC(=NCCCOCC(F)(F)F)NCCc1cccs1.I. The van der Waals surface area contributed by atoms with Crippen LogP contribution in [0.15, 0.2) is 22.5 Å². The molecule has 0 saturated carbocycles. The highest BCUT2D eigenvalue weighted by atomic mass is 127. The van der Waals surface area contributed by atoms with Crippen LogP contribution in [0, 0.1) is 0 Å². The van der Waals surface area contributed by atoms with Crippen LogP contribution in [0.5, 0.6) is 0 Å². The average molecular weight is 465 g/mol. The minimum atomic E-state index is -4.26. The quantitative estimate of drug-likeness (QED) is 0.254. The van der Waals surface area contributed by atoms with Gasteiger partial charge in [-0.2, -0.15) is 13.2 Å². The molecule has 0 unspecified atom stereocenters. The largest absolute Gasteiger partial charge is 0.411 e. The molecule has 1 aromatic rings. The molecule has 9 heteroatoms. The maximum Gasteiger partial charge on any atom is 0.411 e. The van der Waals surface area contributed by atoms with Crippen molar-refractivity contribution in [3.63, 3.8) is 0 Å². The Balaban J connectivity index is 0.00000484. The van der Waals surface area contributed by atoms with Gasteiger partial charge in [-0.1, -0.05) is 6.07 Å². The number of rotatable bonds is 9. The molecular weight excluding hydrogens is 442 g/mol. The van der Waals surface area contributed by atoms with Gasteiger partial charge in [-0.15, -0.1) is 35.3 Å². The Morgan fingerprint density at radius 3 is 2.74 bits per heavy atom. The van der Waals surface area contributed by atoms with Crippen molar-refractivity contribution in [1.82, 2.24) is 10.6 Å². The number of guanidine groups is 1. The Kier molecular flexibility index (Phi) is 12.5. The van der Waals surface area contributed by atoms with Crippen molar-refractivity contribution < 1.29 is 17.9 Å². The number of thiophene rings is 1. The number of aliphatic imine (C=N–C) groups is 1. The topological polar surface area (TPSA) is 45.7 Å². The van der Waals surface area contributed by atoms with Gasteiger partial charge in [0.2, 0.25) is 0 Å². The Morgan fingerprint density at radius 1 is 1.35 bits per heavy atom. The van der Waals surface area contributed by atoms with Crippen molar-refractivity contribution in [3.8, 4) is 0 Å². The zero-order valence-corrected chi connectivity index (χ0v) is 16.1. The lowest BCUT2D eigenvalue weighted by molar-refractivity contribution is -0.173. The first-order valence-electron chi connectivity index (χ1n) is 7.20. The van der Waals surface area contributed by atoms with Crippen LogP contribution in [0.1, 0.15) is 18.2 Å². The highest BCUT2D eigenvalue weighted by Crippen LogP contribution is 2.14. The minimum Gasteiger partial charge on any atom is -0.372 e. The van der Waals surface area contributed by atoms with Crippen LogP contribution in [0.2, 0.25) is 0 Å². The van der Waals surface area contributed by atoms with E-state index in [0.29, 0.717) is 18.9 Å². The monoisotopic (exact) mass is 465 g/mol. The first kappa shape index (κ1) is 22.4. The van der Waals surface area contributed by atoms with E-state index in [9.17, 15) is 13.2 Å². The van der Waals surface area contributed by atoms with E-state index in [0.717, 1.165) is 19.5 Å². The average Bonchev–Trinajstić information content (AvgIpc) is 2.94. The van der Waals surface area contributed by atoms with Crippen molar-refractivity contribution >= 4 is 41.3 Å². The molecule has 134 valence electrons. The van der Waals surface area contributed by atoms with Crippen molar-refractivity contribution in [1.29, 1.82) is 0 Å². The van der Waals surface area contributed by atoms with Gasteiger partial charge in [0.25, 0.3) is 0 Å². The van der Waals surface area contributed by atoms with Crippen LogP contribution in [0.3, 0.4) is 0 Å². The maximum absolute atomic E-state index is 11.9. The molecule has 23 heavy (non-hydrogen) atoms. The zero-order valence-electron chi connectivity index (χ0n) is 13.0. The summed E-state index contributed by atoms with van der Waals surface area (Å²) in [7, 11) is 0. The summed E-state index contributed by atoms with van der Waals surface area (Å²) in [5, 5.41) is 8.34. The molecular formula is C14H23F3IN3OS. The predicted octanol–water partition coefficient (Wildman–Crippen LogP) is 3.43. The van der Waals surface area contributed by atoms with Crippen molar-refractivity contribution in [2.75, 3.05) is 32.8 Å². The van der Waals surface area contributed by atoms with Gasteiger partial charge in [0.15, 0.2) is 5.96 Å². The summed E-state index contributed by atoms with van der Waals surface area (Å²) in [6, 6.07) is 4.09. The molecule has 4 nitrogen and oxygen atoms in total. The molecule has 0 radical (unpaired) electrons. The molecule has 0 spiro atoms. The number of nitrogens with one attached hydrogen (secondary N) is 2. The lowest BCUT2D eigenvalue weighted by Crippen LogP contribution is -2.38. The summed E-state index contributed by atoms with van der Waals surface area (Å²) >= 11 is 1.71. The third-order valence-corrected chi connectivity index (χ3v) is 3.51. The molecule has 0 fully saturated rings. The number of ether oxygens (including phenoxy) is 1.